The molecule has 0 aromatic heterocycles. The lowest BCUT2D eigenvalue weighted by Crippen LogP contribution is -2.44. The molecule has 3 atom stereocenters. The van der Waals surface area contributed by atoms with Gasteiger partial charge >= 0.3 is 0 Å². The topological polar surface area (TPSA) is 49.3 Å². The Bertz CT molecular complexity index is 1130. The molecule has 2 aromatic rings. The third-order valence-electron chi connectivity index (χ3n) is 7.84. The van der Waals surface area contributed by atoms with Gasteiger partial charge in [-0.25, -0.2) is 4.39 Å². The first kappa shape index (κ1) is 28.2. The predicted molar refractivity (Wildman–Crippen MR) is 152 cm³/mol. The van der Waals surface area contributed by atoms with Crippen molar-refractivity contribution in [3.05, 3.63) is 71.5 Å². The number of nitrogens with one attached hydrogen (secondary N) is 1. The molecule has 2 N–H and O–H groups in total. The highest BCUT2D eigenvalue weighted by atomic mass is 32.1. The lowest BCUT2D eigenvalue weighted by molar-refractivity contribution is 0.0976. The van der Waals surface area contributed by atoms with Gasteiger partial charge in [0.15, 0.2) is 0 Å². The van der Waals surface area contributed by atoms with Crippen LogP contribution in [0.15, 0.2) is 54.6 Å². The Morgan fingerprint density at radius 1 is 1.06 bits per heavy atom. The molecule has 1 fully saturated rings. The number of carbonyl (C=O) groups excluding carboxylic acids is 1. The fraction of sp³-hybridized carbons (Fsp3) is 0.467. The molecule has 1 aliphatic carbocycles. The number of aliphatic hydroxyl groups excluding tert-OH is 1. The molecule has 1 saturated carbocycles. The first-order valence-corrected chi connectivity index (χ1v) is 15.5. The Morgan fingerprint density at radius 2 is 1.58 bits per heavy atom. The molecule has 0 bridgehead atoms. The van der Waals surface area contributed by atoms with Crippen molar-refractivity contribution in [1.82, 2.24) is 5.32 Å². The van der Waals surface area contributed by atoms with Gasteiger partial charge in [-0.05, 0) is 41.2 Å². The number of hydrogen-bond acceptors (Lipinski definition) is 3. The van der Waals surface area contributed by atoms with Gasteiger partial charge in [-0.2, -0.15) is 0 Å². The lowest BCUT2D eigenvalue weighted by atomic mass is 9.73. The highest BCUT2D eigenvalue weighted by Crippen LogP contribution is 2.51. The van der Waals surface area contributed by atoms with E-state index in [1.54, 1.807) is 42.5 Å². The summed E-state index contributed by atoms with van der Waals surface area (Å²) < 4.78 is 15.4. The quantitative estimate of drug-likeness (QED) is 0.227. The van der Waals surface area contributed by atoms with E-state index in [0.29, 0.717) is 39.2 Å². The first-order chi connectivity index (χ1) is 17.0. The van der Waals surface area contributed by atoms with Crippen molar-refractivity contribution in [2.45, 2.75) is 82.5 Å². The summed E-state index contributed by atoms with van der Waals surface area (Å²) in [6.45, 7) is 13.4. The van der Waals surface area contributed by atoms with Gasteiger partial charge in [0.2, 0.25) is 0 Å². The molecule has 1 aliphatic rings. The summed E-state index contributed by atoms with van der Waals surface area (Å²) in [4.78, 5) is 13.1. The van der Waals surface area contributed by atoms with Crippen LogP contribution >= 0.6 is 12.2 Å². The van der Waals surface area contributed by atoms with E-state index >= 15 is 4.39 Å². The summed E-state index contributed by atoms with van der Waals surface area (Å²) in [5, 5.41) is 13.5. The minimum absolute atomic E-state index is 0.162. The zero-order valence-electron chi connectivity index (χ0n) is 22.1. The van der Waals surface area contributed by atoms with Crippen LogP contribution in [-0.2, 0) is 5.41 Å². The molecule has 1 amide bonds. The average molecular weight is 524 g/mol. The van der Waals surface area contributed by atoms with Gasteiger partial charge in [0.1, 0.15) is 13.9 Å². The summed E-state index contributed by atoms with van der Waals surface area (Å²) in [5.74, 6) is 2.66. The number of halogens is 1. The summed E-state index contributed by atoms with van der Waals surface area (Å²) in [6, 6.07) is 15.5. The van der Waals surface area contributed by atoms with Crippen molar-refractivity contribution in [3.63, 3.8) is 0 Å². The van der Waals surface area contributed by atoms with Crippen LogP contribution in [0.4, 0.5) is 4.39 Å². The Hall–Kier alpha value is -2.33. The minimum Gasteiger partial charge on any atom is -0.393 e. The van der Waals surface area contributed by atoms with Crippen LogP contribution in [0.1, 0.15) is 70.3 Å². The number of carbonyl (C=O) groups is 1. The number of benzene rings is 2. The molecular weight excluding hydrogens is 485 g/mol. The maximum atomic E-state index is 15.4. The Labute approximate surface area is 221 Å². The second kappa shape index (κ2) is 11.4. The third kappa shape index (κ3) is 5.64. The minimum atomic E-state index is -2.16. The predicted octanol–water partition coefficient (Wildman–Crippen LogP) is 6.81. The van der Waals surface area contributed by atoms with Crippen LogP contribution in [0.2, 0.25) is 16.6 Å². The number of aliphatic hydroxyl groups is 1. The summed E-state index contributed by atoms with van der Waals surface area (Å²) >= 11 is 5.68. The Balaban J connectivity index is 2.13. The van der Waals surface area contributed by atoms with Gasteiger partial charge in [-0.15, -0.1) is 5.54 Å². The average Bonchev–Trinajstić information content (AvgIpc) is 3.56. The molecule has 3 nitrogen and oxygen atoms in total. The van der Waals surface area contributed by atoms with Crippen LogP contribution in [-0.4, -0.2) is 30.2 Å². The Kier molecular flexibility index (Phi) is 8.92. The van der Waals surface area contributed by atoms with E-state index < -0.39 is 19.6 Å². The Morgan fingerprint density at radius 3 is 2.08 bits per heavy atom. The monoisotopic (exact) mass is 523 g/mol. The zero-order valence-corrected chi connectivity index (χ0v) is 24.0. The number of rotatable bonds is 8. The SMILES string of the molecule is CC(C)[Si](C#C[C@@](CC(=S)NC(=O)c1ccccc1)(c1ccccc1F)[C@H]1C[C@H]1O)(C(C)C)C(C)C. The summed E-state index contributed by atoms with van der Waals surface area (Å²) in [7, 11) is -2.16. The molecule has 36 heavy (non-hydrogen) atoms. The van der Waals surface area contributed by atoms with Crippen molar-refractivity contribution in [3.8, 4) is 11.5 Å². The first-order valence-electron chi connectivity index (χ1n) is 12.8. The normalized spacial score (nSPS) is 19.0. The van der Waals surface area contributed by atoms with Crippen molar-refractivity contribution in [2.75, 3.05) is 0 Å². The van der Waals surface area contributed by atoms with E-state index in [0.717, 1.165) is 0 Å². The summed E-state index contributed by atoms with van der Waals surface area (Å²) in [5.41, 5.74) is 4.88. The van der Waals surface area contributed by atoms with Gasteiger partial charge in [0.05, 0.1) is 16.5 Å². The molecule has 3 rings (SSSR count). The highest BCUT2D eigenvalue weighted by molar-refractivity contribution is 7.80. The third-order valence-corrected chi connectivity index (χ3v) is 14.4. The van der Waals surface area contributed by atoms with Crippen molar-refractivity contribution in [1.29, 1.82) is 0 Å². The summed E-state index contributed by atoms with van der Waals surface area (Å²) in [6.07, 6.45) is 0.104. The highest BCUT2D eigenvalue weighted by Gasteiger charge is 2.54. The van der Waals surface area contributed by atoms with Gasteiger partial charge in [-0.3, -0.25) is 4.79 Å². The van der Waals surface area contributed by atoms with Crippen molar-refractivity contribution >= 4 is 31.2 Å². The fourth-order valence-corrected chi connectivity index (χ4v) is 11.5. The zero-order chi connectivity index (χ0) is 26.7. The van der Waals surface area contributed by atoms with E-state index in [9.17, 15) is 9.90 Å². The molecule has 6 heteroatoms. The molecule has 0 saturated heterocycles. The van der Waals surface area contributed by atoms with Crippen LogP contribution in [0.5, 0.6) is 0 Å². The van der Waals surface area contributed by atoms with Crippen LogP contribution in [0.25, 0.3) is 0 Å². The van der Waals surface area contributed by atoms with Crippen LogP contribution < -0.4 is 5.32 Å². The molecule has 0 aliphatic heterocycles. The molecule has 0 radical (unpaired) electrons. The number of thiocarbonyl (C=S) groups is 1. The molecule has 2 aromatic carbocycles. The number of amides is 1. The lowest BCUT2D eigenvalue weighted by Gasteiger charge is -2.39. The maximum absolute atomic E-state index is 15.4. The smallest absolute Gasteiger partial charge is 0.256 e. The van der Waals surface area contributed by atoms with Gasteiger partial charge in [0, 0.05) is 23.5 Å². The molecule has 0 heterocycles. The van der Waals surface area contributed by atoms with E-state index in [2.05, 4.69) is 58.3 Å². The van der Waals surface area contributed by atoms with E-state index in [1.807, 2.05) is 6.07 Å². The largest absolute Gasteiger partial charge is 0.393 e. The second-order valence-electron chi connectivity index (χ2n) is 10.9. The number of hydrogen-bond donors (Lipinski definition) is 2. The van der Waals surface area contributed by atoms with Crippen molar-refractivity contribution < 1.29 is 14.3 Å². The van der Waals surface area contributed by atoms with E-state index in [4.69, 9.17) is 12.2 Å². The molecule has 0 spiro atoms. The van der Waals surface area contributed by atoms with Gasteiger partial charge in [0.25, 0.3) is 5.91 Å². The van der Waals surface area contributed by atoms with Crippen LogP contribution in [0, 0.1) is 23.2 Å². The molecule has 192 valence electrons. The maximum Gasteiger partial charge on any atom is 0.256 e. The van der Waals surface area contributed by atoms with Gasteiger partial charge < -0.3 is 10.4 Å². The van der Waals surface area contributed by atoms with Gasteiger partial charge in [-0.1, -0.05) is 96.1 Å². The molecular formula is C30H38FNO2SSi. The fourth-order valence-electron chi connectivity index (χ4n) is 5.90. The molecule has 0 unspecified atom stereocenters. The van der Waals surface area contributed by atoms with E-state index in [1.165, 1.54) is 6.07 Å². The van der Waals surface area contributed by atoms with E-state index in [-0.39, 0.29) is 24.1 Å². The standard InChI is InChI=1S/C30H38FNO2SSi/c1-20(2)36(21(3)4,22(5)6)17-16-30(25-18-27(25)33,24-14-10-11-15-26(24)31)19-28(35)32-29(34)23-12-8-7-9-13-23/h7-15,20-22,25,27,33H,18-19H2,1-6H3,(H,32,34,35)/t25-,27+,30+/m0/s1. The second-order valence-corrected chi connectivity index (χ2v) is 17.0. The van der Waals surface area contributed by atoms with Crippen LogP contribution in [0.3, 0.4) is 0 Å². The van der Waals surface area contributed by atoms with Crippen molar-refractivity contribution in [2.24, 2.45) is 5.92 Å².